The fourth-order valence-electron chi connectivity index (χ4n) is 1.36. The third-order valence-corrected chi connectivity index (χ3v) is 2.72. The van der Waals surface area contributed by atoms with Gasteiger partial charge in [0.15, 0.2) is 0 Å². The van der Waals surface area contributed by atoms with Crippen molar-refractivity contribution in [3.8, 4) is 5.88 Å². The molecule has 0 bridgehead atoms. The molecule has 0 amide bonds. The van der Waals surface area contributed by atoms with E-state index in [2.05, 4.69) is 33.0 Å². The van der Waals surface area contributed by atoms with Gasteiger partial charge in [0, 0.05) is 23.2 Å². The zero-order valence-electron chi connectivity index (χ0n) is 8.77. The van der Waals surface area contributed by atoms with Crippen LogP contribution in [0, 0.1) is 0 Å². The predicted molar refractivity (Wildman–Crippen MR) is 67.6 cm³/mol. The molecule has 0 atom stereocenters. The Labute approximate surface area is 103 Å². The molecule has 0 aliphatic carbocycles. The number of rotatable bonds is 4. The van der Waals surface area contributed by atoms with Gasteiger partial charge < -0.3 is 4.74 Å². The molecule has 0 aliphatic rings. The summed E-state index contributed by atoms with van der Waals surface area (Å²) in [5.74, 6) is 0.680. The quantitative estimate of drug-likeness (QED) is 0.854. The molecule has 0 radical (unpaired) electrons. The van der Waals surface area contributed by atoms with Crippen LogP contribution in [0.25, 0.3) is 0 Å². The van der Waals surface area contributed by atoms with E-state index < -0.39 is 0 Å². The van der Waals surface area contributed by atoms with E-state index >= 15 is 0 Å². The van der Waals surface area contributed by atoms with Crippen molar-refractivity contribution in [2.45, 2.75) is 6.42 Å². The van der Waals surface area contributed by atoms with Crippen molar-refractivity contribution >= 4 is 15.9 Å². The Hall–Kier alpha value is -1.35. The Morgan fingerprint density at radius 3 is 2.56 bits per heavy atom. The number of pyridine rings is 1. The molecule has 3 heteroatoms. The second kappa shape index (κ2) is 5.66. The molecule has 0 spiro atoms. The molecule has 0 saturated carbocycles. The third-order valence-electron chi connectivity index (χ3n) is 2.19. The Kier molecular flexibility index (Phi) is 3.94. The van der Waals surface area contributed by atoms with E-state index in [1.165, 1.54) is 5.56 Å². The molecule has 0 unspecified atom stereocenters. The van der Waals surface area contributed by atoms with Crippen LogP contribution in [0.2, 0.25) is 0 Å². The van der Waals surface area contributed by atoms with E-state index in [1.807, 2.05) is 30.3 Å². The van der Waals surface area contributed by atoms with Crippen LogP contribution in [0.3, 0.4) is 0 Å². The monoisotopic (exact) mass is 277 g/mol. The van der Waals surface area contributed by atoms with E-state index in [0.29, 0.717) is 12.5 Å². The maximum Gasteiger partial charge on any atom is 0.213 e. The summed E-state index contributed by atoms with van der Waals surface area (Å²) in [5, 5.41) is 0. The van der Waals surface area contributed by atoms with Gasteiger partial charge in [-0.3, -0.25) is 0 Å². The number of nitrogens with zero attached hydrogens (tertiary/aromatic N) is 1. The van der Waals surface area contributed by atoms with Crippen LogP contribution in [-0.4, -0.2) is 11.6 Å². The Morgan fingerprint density at radius 2 is 1.88 bits per heavy atom. The minimum absolute atomic E-state index is 0.651. The smallest absolute Gasteiger partial charge is 0.213 e. The fraction of sp³-hybridized carbons (Fsp3) is 0.154. The Morgan fingerprint density at radius 1 is 1.06 bits per heavy atom. The Bertz CT molecular complexity index is 427. The second-order valence-corrected chi connectivity index (χ2v) is 4.31. The van der Waals surface area contributed by atoms with Gasteiger partial charge in [-0.15, -0.1) is 0 Å². The highest BCUT2D eigenvalue weighted by atomic mass is 79.9. The van der Waals surface area contributed by atoms with Crippen LogP contribution >= 0.6 is 15.9 Å². The van der Waals surface area contributed by atoms with E-state index in [-0.39, 0.29) is 0 Å². The first kappa shape index (κ1) is 11.1. The number of hydrogen-bond donors (Lipinski definition) is 0. The lowest BCUT2D eigenvalue weighted by molar-refractivity contribution is 0.309. The van der Waals surface area contributed by atoms with Crippen LogP contribution in [0.1, 0.15) is 5.56 Å². The largest absolute Gasteiger partial charge is 0.477 e. The molecule has 1 aromatic carbocycles. The highest BCUT2D eigenvalue weighted by molar-refractivity contribution is 9.10. The SMILES string of the molecule is Brc1ccc(CCOc2ccccn2)cc1. The van der Waals surface area contributed by atoms with E-state index in [4.69, 9.17) is 4.74 Å². The third kappa shape index (κ3) is 3.35. The van der Waals surface area contributed by atoms with Gasteiger partial charge >= 0.3 is 0 Å². The molecule has 0 aliphatic heterocycles. The molecular weight excluding hydrogens is 266 g/mol. The first-order valence-corrected chi connectivity index (χ1v) is 5.92. The van der Waals surface area contributed by atoms with E-state index in [9.17, 15) is 0 Å². The van der Waals surface area contributed by atoms with Crippen molar-refractivity contribution in [2.24, 2.45) is 0 Å². The van der Waals surface area contributed by atoms with Crippen LogP contribution < -0.4 is 4.74 Å². The summed E-state index contributed by atoms with van der Waals surface area (Å²) in [6.07, 6.45) is 2.62. The lowest BCUT2D eigenvalue weighted by Gasteiger charge is -2.04. The lowest BCUT2D eigenvalue weighted by Crippen LogP contribution is -2.02. The number of benzene rings is 1. The van der Waals surface area contributed by atoms with Crippen molar-refractivity contribution in [3.05, 3.63) is 58.7 Å². The summed E-state index contributed by atoms with van der Waals surface area (Å²) in [7, 11) is 0. The summed E-state index contributed by atoms with van der Waals surface area (Å²) in [6, 6.07) is 13.9. The standard InChI is InChI=1S/C13H12BrNO/c14-12-6-4-11(5-7-12)8-10-16-13-3-1-2-9-15-13/h1-7,9H,8,10H2. The molecule has 2 nitrogen and oxygen atoms in total. The maximum absolute atomic E-state index is 5.52. The zero-order chi connectivity index (χ0) is 11.2. The normalized spacial score (nSPS) is 10.1. The predicted octanol–water partition coefficient (Wildman–Crippen LogP) is 3.47. The van der Waals surface area contributed by atoms with Gasteiger partial charge in [0.2, 0.25) is 5.88 Å². The topological polar surface area (TPSA) is 22.1 Å². The fourth-order valence-corrected chi connectivity index (χ4v) is 1.62. The van der Waals surface area contributed by atoms with Gasteiger partial charge in [-0.2, -0.15) is 0 Å². The van der Waals surface area contributed by atoms with Gasteiger partial charge in [0.05, 0.1) is 6.61 Å². The summed E-state index contributed by atoms with van der Waals surface area (Å²) < 4.78 is 6.62. The molecule has 2 rings (SSSR count). The summed E-state index contributed by atoms with van der Waals surface area (Å²) in [6.45, 7) is 0.651. The van der Waals surface area contributed by atoms with Gasteiger partial charge in [-0.25, -0.2) is 4.98 Å². The molecule has 2 aromatic rings. The summed E-state index contributed by atoms with van der Waals surface area (Å²) >= 11 is 3.41. The average molecular weight is 278 g/mol. The highest BCUT2D eigenvalue weighted by Gasteiger charge is 1.95. The minimum Gasteiger partial charge on any atom is -0.477 e. The van der Waals surface area contributed by atoms with E-state index in [0.717, 1.165) is 10.9 Å². The summed E-state index contributed by atoms with van der Waals surface area (Å²) in [4.78, 5) is 4.09. The molecule has 0 saturated heterocycles. The molecule has 1 aromatic heterocycles. The van der Waals surface area contributed by atoms with Gasteiger partial charge in [0.1, 0.15) is 0 Å². The molecule has 16 heavy (non-hydrogen) atoms. The number of aromatic nitrogens is 1. The maximum atomic E-state index is 5.52. The first-order chi connectivity index (χ1) is 7.84. The Balaban J connectivity index is 1.82. The number of ether oxygens (including phenoxy) is 1. The van der Waals surface area contributed by atoms with Gasteiger partial charge in [-0.1, -0.05) is 34.1 Å². The first-order valence-electron chi connectivity index (χ1n) is 5.13. The van der Waals surface area contributed by atoms with Crippen LogP contribution in [-0.2, 0) is 6.42 Å². The molecule has 82 valence electrons. The van der Waals surface area contributed by atoms with Crippen molar-refractivity contribution in [1.29, 1.82) is 0 Å². The van der Waals surface area contributed by atoms with Crippen molar-refractivity contribution in [3.63, 3.8) is 0 Å². The minimum atomic E-state index is 0.651. The van der Waals surface area contributed by atoms with Gasteiger partial charge in [0.25, 0.3) is 0 Å². The lowest BCUT2D eigenvalue weighted by atomic mass is 10.2. The van der Waals surface area contributed by atoms with Crippen LogP contribution in [0.15, 0.2) is 53.1 Å². The van der Waals surface area contributed by atoms with Crippen molar-refractivity contribution in [2.75, 3.05) is 6.61 Å². The number of halogens is 1. The van der Waals surface area contributed by atoms with Crippen LogP contribution in [0.5, 0.6) is 5.88 Å². The average Bonchev–Trinajstić information content (AvgIpc) is 2.33. The number of hydrogen-bond acceptors (Lipinski definition) is 2. The van der Waals surface area contributed by atoms with Crippen molar-refractivity contribution in [1.82, 2.24) is 4.98 Å². The van der Waals surface area contributed by atoms with Crippen molar-refractivity contribution < 1.29 is 4.74 Å². The zero-order valence-corrected chi connectivity index (χ0v) is 10.4. The highest BCUT2D eigenvalue weighted by Crippen LogP contribution is 2.11. The summed E-state index contributed by atoms with van der Waals surface area (Å²) in [5.41, 5.74) is 1.26. The van der Waals surface area contributed by atoms with E-state index in [1.54, 1.807) is 6.20 Å². The molecule has 0 N–H and O–H groups in total. The second-order valence-electron chi connectivity index (χ2n) is 3.39. The van der Waals surface area contributed by atoms with Gasteiger partial charge in [-0.05, 0) is 23.8 Å². The van der Waals surface area contributed by atoms with Crippen LogP contribution in [0.4, 0.5) is 0 Å². The molecular formula is C13H12BrNO. The molecule has 1 heterocycles. The molecule has 0 fully saturated rings.